The quantitative estimate of drug-likeness (QED) is 0.895. The monoisotopic (exact) mass is 314 g/mol. The summed E-state index contributed by atoms with van der Waals surface area (Å²) in [5.41, 5.74) is 0.449. The predicted molar refractivity (Wildman–Crippen MR) is 73.4 cm³/mol. The van der Waals surface area contributed by atoms with Crippen LogP contribution in [0.3, 0.4) is 0 Å². The third kappa shape index (κ3) is 3.52. The predicted octanol–water partition coefficient (Wildman–Crippen LogP) is 2.17. The van der Waals surface area contributed by atoms with Gasteiger partial charge < -0.3 is 15.4 Å². The molecule has 2 fully saturated rings. The molecule has 3 rings (SSSR count). The highest BCUT2D eigenvalue weighted by molar-refractivity contribution is 5.83. The number of alkyl halides is 3. The lowest BCUT2D eigenvalue weighted by atomic mass is 10.1. The molecule has 0 bridgehead atoms. The third-order valence-corrected chi connectivity index (χ3v) is 4.08. The van der Waals surface area contributed by atoms with Gasteiger partial charge in [-0.05, 0) is 36.9 Å². The smallest absolute Gasteiger partial charge is 0.405 e. The zero-order chi connectivity index (χ0) is 15.7. The van der Waals surface area contributed by atoms with E-state index in [9.17, 15) is 18.0 Å². The first-order valence-electron chi connectivity index (χ1n) is 7.30. The molecule has 1 aliphatic carbocycles. The van der Waals surface area contributed by atoms with Crippen LogP contribution in [0.5, 0.6) is 5.75 Å². The van der Waals surface area contributed by atoms with Crippen LogP contribution in [-0.2, 0) is 4.79 Å². The van der Waals surface area contributed by atoms with Gasteiger partial charge in [-0.25, -0.2) is 0 Å². The SMILES string of the molecule is O=C(NC1CCNC1)C1CC1c1ccccc1OC(F)(F)F. The Morgan fingerprint density at radius 2 is 2.09 bits per heavy atom. The normalized spacial score (nSPS) is 27.5. The van der Waals surface area contributed by atoms with E-state index in [1.807, 2.05) is 0 Å². The minimum atomic E-state index is -4.72. The lowest BCUT2D eigenvalue weighted by molar-refractivity contribution is -0.274. The lowest BCUT2D eigenvalue weighted by Gasteiger charge is -2.14. The number of carbonyl (C=O) groups is 1. The highest BCUT2D eigenvalue weighted by atomic mass is 19.4. The van der Waals surface area contributed by atoms with Crippen molar-refractivity contribution in [3.05, 3.63) is 29.8 Å². The van der Waals surface area contributed by atoms with Crippen LogP contribution in [0.15, 0.2) is 24.3 Å². The van der Waals surface area contributed by atoms with E-state index in [1.54, 1.807) is 12.1 Å². The van der Waals surface area contributed by atoms with Crippen molar-refractivity contribution in [3.63, 3.8) is 0 Å². The Kier molecular flexibility index (Phi) is 3.99. The molecule has 3 atom stereocenters. The molecule has 2 aliphatic rings. The molecule has 1 heterocycles. The van der Waals surface area contributed by atoms with Crippen LogP contribution in [-0.4, -0.2) is 31.4 Å². The molecule has 0 spiro atoms. The largest absolute Gasteiger partial charge is 0.573 e. The molecule has 2 N–H and O–H groups in total. The van der Waals surface area contributed by atoms with Crippen molar-refractivity contribution in [2.75, 3.05) is 13.1 Å². The fourth-order valence-electron chi connectivity index (χ4n) is 2.92. The Labute approximate surface area is 126 Å². The zero-order valence-corrected chi connectivity index (χ0v) is 11.8. The summed E-state index contributed by atoms with van der Waals surface area (Å²) in [6.07, 6.45) is -3.28. The molecule has 0 aromatic heterocycles. The van der Waals surface area contributed by atoms with Gasteiger partial charge >= 0.3 is 6.36 Å². The van der Waals surface area contributed by atoms with Gasteiger partial charge in [0.2, 0.25) is 5.91 Å². The Morgan fingerprint density at radius 3 is 2.77 bits per heavy atom. The molecule has 1 amide bonds. The maximum Gasteiger partial charge on any atom is 0.573 e. The van der Waals surface area contributed by atoms with Gasteiger partial charge in [-0.3, -0.25) is 4.79 Å². The van der Waals surface area contributed by atoms with Crippen LogP contribution < -0.4 is 15.4 Å². The van der Waals surface area contributed by atoms with Gasteiger partial charge in [-0.15, -0.1) is 13.2 Å². The summed E-state index contributed by atoms with van der Waals surface area (Å²) in [5, 5.41) is 6.10. The average molecular weight is 314 g/mol. The Balaban J connectivity index is 1.65. The van der Waals surface area contributed by atoms with Crippen molar-refractivity contribution in [1.82, 2.24) is 10.6 Å². The Hall–Kier alpha value is -1.76. The van der Waals surface area contributed by atoms with Gasteiger partial charge in [0, 0.05) is 18.5 Å². The molecule has 7 heteroatoms. The molecule has 4 nitrogen and oxygen atoms in total. The summed E-state index contributed by atoms with van der Waals surface area (Å²) in [4.78, 5) is 12.1. The molecule has 22 heavy (non-hydrogen) atoms. The van der Waals surface area contributed by atoms with E-state index < -0.39 is 6.36 Å². The van der Waals surface area contributed by atoms with Crippen molar-refractivity contribution in [2.24, 2.45) is 5.92 Å². The van der Waals surface area contributed by atoms with Crippen LogP contribution in [0.1, 0.15) is 24.3 Å². The number of hydrogen-bond donors (Lipinski definition) is 2. The maximum absolute atomic E-state index is 12.4. The summed E-state index contributed by atoms with van der Waals surface area (Å²) in [6, 6.07) is 6.15. The van der Waals surface area contributed by atoms with E-state index in [0.717, 1.165) is 19.5 Å². The number of hydrogen-bond acceptors (Lipinski definition) is 3. The van der Waals surface area contributed by atoms with Gasteiger partial charge in [0.15, 0.2) is 0 Å². The van der Waals surface area contributed by atoms with Crippen LogP contribution >= 0.6 is 0 Å². The zero-order valence-electron chi connectivity index (χ0n) is 11.8. The first kappa shape index (κ1) is 15.1. The topological polar surface area (TPSA) is 50.4 Å². The molecule has 120 valence electrons. The minimum absolute atomic E-state index is 0.0829. The molecule has 1 aliphatic heterocycles. The van der Waals surface area contributed by atoms with Gasteiger partial charge in [-0.1, -0.05) is 18.2 Å². The molecule has 1 aromatic rings. The van der Waals surface area contributed by atoms with E-state index in [2.05, 4.69) is 15.4 Å². The fraction of sp³-hybridized carbons (Fsp3) is 0.533. The highest BCUT2D eigenvalue weighted by Gasteiger charge is 2.46. The summed E-state index contributed by atoms with van der Waals surface area (Å²) in [6.45, 7) is 1.62. The molecule has 1 aromatic carbocycles. The number of carbonyl (C=O) groups excluding carboxylic acids is 1. The van der Waals surface area contributed by atoms with Crippen LogP contribution in [0.2, 0.25) is 0 Å². The van der Waals surface area contributed by atoms with Gasteiger partial charge in [0.25, 0.3) is 0 Å². The van der Waals surface area contributed by atoms with Gasteiger partial charge in [0.1, 0.15) is 5.75 Å². The molecular formula is C15H17F3N2O2. The molecule has 1 saturated heterocycles. The number of halogens is 3. The van der Waals surface area contributed by atoms with Gasteiger partial charge in [-0.2, -0.15) is 0 Å². The van der Waals surface area contributed by atoms with Crippen molar-refractivity contribution in [1.29, 1.82) is 0 Å². The second kappa shape index (κ2) is 5.79. The van der Waals surface area contributed by atoms with Gasteiger partial charge in [0.05, 0.1) is 0 Å². The fourth-order valence-corrected chi connectivity index (χ4v) is 2.92. The second-order valence-electron chi connectivity index (χ2n) is 5.73. The molecular weight excluding hydrogens is 297 g/mol. The summed E-state index contributed by atoms with van der Waals surface area (Å²) in [7, 11) is 0. The van der Waals surface area contributed by atoms with Crippen LogP contribution in [0.25, 0.3) is 0 Å². The van der Waals surface area contributed by atoms with E-state index in [0.29, 0.717) is 12.0 Å². The van der Waals surface area contributed by atoms with Crippen LogP contribution in [0.4, 0.5) is 13.2 Å². The maximum atomic E-state index is 12.4. The lowest BCUT2D eigenvalue weighted by Crippen LogP contribution is -2.37. The molecule has 1 saturated carbocycles. The minimum Gasteiger partial charge on any atom is -0.405 e. The van der Waals surface area contributed by atoms with Crippen molar-refractivity contribution in [3.8, 4) is 5.75 Å². The van der Waals surface area contributed by atoms with E-state index in [4.69, 9.17) is 0 Å². The third-order valence-electron chi connectivity index (χ3n) is 4.08. The summed E-state index contributed by atoms with van der Waals surface area (Å²) in [5.74, 6) is -0.759. The number of nitrogens with one attached hydrogen (secondary N) is 2. The summed E-state index contributed by atoms with van der Waals surface area (Å²) >= 11 is 0. The van der Waals surface area contributed by atoms with Crippen LogP contribution in [0, 0.1) is 5.92 Å². The average Bonchev–Trinajstić information content (AvgIpc) is 3.08. The Morgan fingerprint density at radius 1 is 1.32 bits per heavy atom. The number of rotatable bonds is 4. The number of amides is 1. The first-order valence-corrected chi connectivity index (χ1v) is 7.30. The van der Waals surface area contributed by atoms with Crippen molar-refractivity contribution in [2.45, 2.75) is 31.2 Å². The number of ether oxygens (including phenoxy) is 1. The first-order chi connectivity index (χ1) is 10.4. The van der Waals surface area contributed by atoms with E-state index in [1.165, 1.54) is 12.1 Å². The highest BCUT2D eigenvalue weighted by Crippen LogP contribution is 2.51. The van der Waals surface area contributed by atoms with E-state index >= 15 is 0 Å². The van der Waals surface area contributed by atoms with E-state index in [-0.39, 0.29) is 29.5 Å². The standard InChI is InChI=1S/C15H17F3N2O2/c16-15(17,18)22-13-4-2-1-3-10(13)11-7-12(11)14(21)20-9-5-6-19-8-9/h1-4,9,11-12,19H,5-8H2,(H,20,21). The second-order valence-corrected chi connectivity index (χ2v) is 5.73. The summed E-state index contributed by atoms with van der Waals surface area (Å²) < 4.78 is 41.3. The van der Waals surface area contributed by atoms with Crippen molar-refractivity contribution < 1.29 is 22.7 Å². The Bertz CT molecular complexity index is 556. The number of para-hydroxylation sites is 1. The number of benzene rings is 1. The molecule has 3 unspecified atom stereocenters. The molecule has 0 radical (unpaired) electrons. The van der Waals surface area contributed by atoms with Crippen molar-refractivity contribution >= 4 is 5.91 Å².